The molecule has 0 amide bonds. The summed E-state index contributed by atoms with van der Waals surface area (Å²) in [5, 5.41) is 8.49. The molecule has 3 nitrogen and oxygen atoms in total. The van der Waals surface area contributed by atoms with Gasteiger partial charge in [-0.05, 0) is 18.2 Å². The number of nitrogens with two attached hydrogens (primary N) is 2. The van der Waals surface area contributed by atoms with Crippen molar-refractivity contribution >= 4 is 11.4 Å². The van der Waals surface area contributed by atoms with Gasteiger partial charge in [-0.2, -0.15) is 5.26 Å². The normalized spacial score (nSPS) is 10.1. The highest BCUT2D eigenvalue weighted by molar-refractivity contribution is 5.57. The standard InChI is InChI=1S/C7H7N3/c8-4-5-1-6(9)3-7(10)2-5/h1-3H,9-10H2/i1D. The summed E-state index contributed by atoms with van der Waals surface area (Å²) in [4.78, 5) is 0. The van der Waals surface area contributed by atoms with Gasteiger partial charge >= 0.3 is 0 Å². The highest BCUT2D eigenvalue weighted by Crippen LogP contribution is 2.11. The van der Waals surface area contributed by atoms with Crippen molar-refractivity contribution < 1.29 is 1.37 Å². The summed E-state index contributed by atoms with van der Waals surface area (Å²) in [6.07, 6.45) is 0. The summed E-state index contributed by atoms with van der Waals surface area (Å²) in [5.41, 5.74) is 11.6. The van der Waals surface area contributed by atoms with E-state index in [0.29, 0.717) is 5.69 Å². The summed E-state index contributed by atoms with van der Waals surface area (Å²) in [6, 6.07) is 4.76. The van der Waals surface area contributed by atoms with E-state index in [2.05, 4.69) is 0 Å². The van der Waals surface area contributed by atoms with E-state index in [4.69, 9.17) is 18.1 Å². The van der Waals surface area contributed by atoms with Gasteiger partial charge in [-0.15, -0.1) is 0 Å². The lowest BCUT2D eigenvalue weighted by Crippen LogP contribution is -1.90. The first-order valence-electron chi connectivity index (χ1n) is 3.21. The van der Waals surface area contributed by atoms with Crippen LogP contribution < -0.4 is 11.5 Å². The molecule has 4 N–H and O–H groups in total. The predicted molar refractivity (Wildman–Crippen MR) is 40.0 cm³/mol. The summed E-state index contributed by atoms with van der Waals surface area (Å²) < 4.78 is 7.29. The van der Waals surface area contributed by atoms with Crippen molar-refractivity contribution in [3.63, 3.8) is 0 Å². The van der Waals surface area contributed by atoms with Gasteiger partial charge in [-0.3, -0.25) is 0 Å². The Balaban J connectivity index is 3.39. The zero-order chi connectivity index (χ0) is 8.43. The molecule has 0 atom stereocenters. The average Bonchev–Trinajstić information content (AvgIpc) is 1.96. The summed E-state index contributed by atoms with van der Waals surface area (Å²) in [7, 11) is 0. The Bertz CT molecular complexity index is 327. The first kappa shape index (κ1) is 5.12. The molecule has 0 unspecified atom stereocenters. The lowest BCUT2D eigenvalue weighted by molar-refractivity contribution is 1.48. The maximum absolute atomic E-state index is 8.49. The van der Waals surface area contributed by atoms with Gasteiger partial charge in [0.1, 0.15) is 0 Å². The van der Waals surface area contributed by atoms with Gasteiger partial charge in [-0.1, -0.05) is 0 Å². The summed E-state index contributed by atoms with van der Waals surface area (Å²) in [5.74, 6) is 0. The van der Waals surface area contributed by atoms with Gasteiger partial charge in [0.25, 0.3) is 0 Å². The third-order valence-electron chi connectivity index (χ3n) is 1.03. The summed E-state index contributed by atoms with van der Waals surface area (Å²) >= 11 is 0. The zero-order valence-corrected chi connectivity index (χ0v) is 5.26. The van der Waals surface area contributed by atoms with Crippen LogP contribution in [0.3, 0.4) is 0 Å². The van der Waals surface area contributed by atoms with Gasteiger partial charge < -0.3 is 11.5 Å². The molecule has 0 aromatic heterocycles. The van der Waals surface area contributed by atoms with Gasteiger partial charge in [0.15, 0.2) is 0 Å². The minimum absolute atomic E-state index is 0.0432. The van der Waals surface area contributed by atoms with Crippen LogP contribution in [0.2, 0.25) is 0 Å². The first-order valence-corrected chi connectivity index (χ1v) is 2.71. The SMILES string of the molecule is [2H]c1c(N)cc(N)cc1C#N. The largest absolute Gasteiger partial charge is 0.399 e. The number of anilines is 2. The van der Waals surface area contributed by atoms with Crippen LogP contribution in [0.25, 0.3) is 0 Å². The Hall–Kier alpha value is -1.69. The number of rotatable bonds is 0. The highest BCUT2D eigenvalue weighted by atomic mass is 14.6. The molecule has 0 aliphatic heterocycles. The maximum atomic E-state index is 8.49. The number of benzene rings is 1. The van der Waals surface area contributed by atoms with E-state index in [1.54, 1.807) is 0 Å². The van der Waals surface area contributed by atoms with Crippen LogP contribution in [-0.2, 0) is 0 Å². The zero-order valence-electron chi connectivity index (χ0n) is 6.26. The molecule has 0 fully saturated rings. The molecule has 0 saturated heterocycles. The average molecular weight is 134 g/mol. The number of nitrogens with zero attached hydrogens (tertiary/aromatic N) is 1. The second kappa shape index (κ2) is 2.28. The quantitative estimate of drug-likeness (QED) is 0.513. The van der Waals surface area contributed by atoms with E-state index >= 15 is 0 Å². The van der Waals surface area contributed by atoms with E-state index in [0.717, 1.165) is 0 Å². The van der Waals surface area contributed by atoms with Crippen molar-refractivity contribution in [3.8, 4) is 6.07 Å². The molecule has 50 valence electrons. The molecule has 1 rings (SSSR count). The van der Waals surface area contributed by atoms with E-state index in [1.165, 1.54) is 12.1 Å². The number of nitrogen functional groups attached to an aromatic ring is 2. The Labute approximate surface area is 60.3 Å². The minimum Gasteiger partial charge on any atom is -0.399 e. The molecule has 10 heavy (non-hydrogen) atoms. The molecule has 0 radical (unpaired) electrons. The molecule has 0 aliphatic rings. The Morgan fingerprint density at radius 1 is 1.40 bits per heavy atom. The second-order valence-corrected chi connectivity index (χ2v) is 1.89. The topological polar surface area (TPSA) is 75.8 Å². The van der Waals surface area contributed by atoms with Gasteiger partial charge in [0.2, 0.25) is 0 Å². The number of hydrogen-bond donors (Lipinski definition) is 2. The fourth-order valence-electron chi connectivity index (χ4n) is 0.676. The molecule has 0 saturated carbocycles. The molecule has 0 aliphatic carbocycles. The third-order valence-corrected chi connectivity index (χ3v) is 1.03. The van der Waals surface area contributed by atoms with Gasteiger partial charge in [0.05, 0.1) is 13.0 Å². The molecule has 1 aromatic carbocycles. The number of nitriles is 1. The van der Waals surface area contributed by atoms with Crippen LogP contribution in [0.4, 0.5) is 11.4 Å². The van der Waals surface area contributed by atoms with E-state index in [9.17, 15) is 0 Å². The molecule has 3 heteroatoms. The van der Waals surface area contributed by atoms with Crippen molar-refractivity contribution in [2.24, 2.45) is 0 Å². The van der Waals surface area contributed by atoms with Crippen molar-refractivity contribution in [1.29, 1.82) is 5.26 Å². The predicted octanol–water partition coefficient (Wildman–Crippen LogP) is 0.723. The van der Waals surface area contributed by atoms with Crippen molar-refractivity contribution in [2.45, 2.75) is 0 Å². The van der Waals surface area contributed by atoms with Crippen LogP contribution >= 0.6 is 0 Å². The van der Waals surface area contributed by atoms with Crippen molar-refractivity contribution in [1.82, 2.24) is 0 Å². The van der Waals surface area contributed by atoms with Crippen LogP contribution in [0.1, 0.15) is 6.93 Å². The van der Waals surface area contributed by atoms with Crippen LogP contribution in [0.5, 0.6) is 0 Å². The molecular formula is C7H7N3. The molecule has 1 aromatic rings. The van der Waals surface area contributed by atoms with Crippen molar-refractivity contribution in [3.05, 3.63) is 23.7 Å². The van der Waals surface area contributed by atoms with E-state index in [-0.39, 0.29) is 17.3 Å². The Morgan fingerprint density at radius 3 is 2.70 bits per heavy atom. The van der Waals surface area contributed by atoms with Gasteiger partial charge in [0, 0.05) is 11.4 Å². The highest BCUT2D eigenvalue weighted by Gasteiger charge is 1.92. The van der Waals surface area contributed by atoms with E-state index < -0.39 is 0 Å². The second-order valence-electron chi connectivity index (χ2n) is 1.89. The van der Waals surface area contributed by atoms with E-state index in [1.807, 2.05) is 6.07 Å². The van der Waals surface area contributed by atoms with Crippen molar-refractivity contribution in [2.75, 3.05) is 11.5 Å². The van der Waals surface area contributed by atoms with Crippen LogP contribution in [0.15, 0.2) is 18.2 Å². The lowest BCUT2D eigenvalue weighted by Gasteiger charge is -1.95. The van der Waals surface area contributed by atoms with Gasteiger partial charge in [-0.25, -0.2) is 0 Å². The van der Waals surface area contributed by atoms with Crippen LogP contribution in [0, 0.1) is 11.3 Å². The fourth-order valence-corrected chi connectivity index (χ4v) is 0.676. The lowest BCUT2D eigenvalue weighted by atomic mass is 10.2. The number of hydrogen-bond acceptors (Lipinski definition) is 3. The third kappa shape index (κ3) is 1.17. The summed E-state index contributed by atoms with van der Waals surface area (Å²) in [6.45, 7) is 0. The molecule has 0 heterocycles. The molecule has 0 spiro atoms. The molecular weight excluding hydrogens is 126 g/mol. The minimum atomic E-state index is 0.0432. The maximum Gasteiger partial charge on any atom is 0.0993 e. The first-order chi connectivity index (χ1) is 5.15. The van der Waals surface area contributed by atoms with Crippen LogP contribution in [-0.4, -0.2) is 0 Å². The monoisotopic (exact) mass is 134 g/mol. The molecule has 0 bridgehead atoms. The smallest absolute Gasteiger partial charge is 0.0993 e. The Kier molecular flexibility index (Phi) is 1.17. The Morgan fingerprint density at radius 2 is 2.10 bits per heavy atom. The fraction of sp³-hybridized carbons (Fsp3) is 0.